The molecular weight excluding hydrogens is 615 g/mol. The van der Waals surface area contributed by atoms with Crippen molar-refractivity contribution in [2.24, 2.45) is 0 Å². The summed E-state index contributed by atoms with van der Waals surface area (Å²) in [6, 6.07) is 0. The molecule has 0 N–H and O–H groups in total. The van der Waals surface area contributed by atoms with Crippen molar-refractivity contribution in [1.82, 2.24) is 0 Å². The average Bonchev–Trinajstić information content (AvgIpc) is 3.60. The van der Waals surface area contributed by atoms with Gasteiger partial charge in [0.1, 0.15) is 0 Å². The van der Waals surface area contributed by atoms with E-state index in [2.05, 4.69) is 0 Å². The Morgan fingerprint density at radius 3 is 1.38 bits per heavy atom. The van der Waals surface area contributed by atoms with Gasteiger partial charge >= 0.3 is 267 Å². The van der Waals surface area contributed by atoms with Crippen LogP contribution in [0.4, 0.5) is 0 Å². The van der Waals surface area contributed by atoms with Gasteiger partial charge in [-0.25, -0.2) is 0 Å². The van der Waals surface area contributed by atoms with Crippen LogP contribution in [0.1, 0.15) is 98.8 Å². The molecule has 2 fully saturated rings. The first-order chi connectivity index (χ1) is 21.7. The summed E-state index contributed by atoms with van der Waals surface area (Å²) in [6.07, 6.45) is -0.291. The van der Waals surface area contributed by atoms with Gasteiger partial charge in [-0.2, -0.15) is 0 Å². The number of unbranched alkanes of at least 4 members (excludes halogenated alkanes) is 5. The molecule has 0 amide bonds. The molecule has 14 nitrogen and oxygen atoms in total. The van der Waals surface area contributed by atoms with Gasteiger partial charge in [0.05, 0.1) is 0 Å². The van der Waals surface area contributed by atoms with E-state index in [0.29, 0.717) is 32.1 Å². The van der Waals surface area contributed by atoms with E-state index in [1.165, 1.54) is 0 Å². The quantitative estimate of drug-likeness (QED) is 0.0641. The summed E-state index contributed by atoms with van der Waals surface area (Å²) in [5.41, 5.74) is 0. The topological polar surface area (TPSA) is 161 Å². The third-order valence-corrected chi connectivity index (χ3v) is 10.2. The number of rotatable bonds is 23. The fourth-order valence-electron chi connectivity index (χ4n) is 4.30. The Morgan fingerprint density at radius 2 is 0.956 bits per heavy atom. The third-order valence-electron chi connectivity index (χ3n) is 6.96. The SMILES string of the molecule is CCCCOC(=O)C(OCCCC)C(O[PH-]12(OCCO1)OC(C(=O)OCCCC)C(C(=O)OCCCC)O2)C(=O)OCCCC. The van der Waals surface area contributed by atoms with Gasteiger partial charge in [-0.3, -0.25) is 0 Å². The minimum atomic E-state index is -5.77. The molecule has 2 rings (SSSR count). The molecular formula is C30H54O14P-. The minimum absolute atomic E-state index is 0.0301. The molecule has 264 valence electrons. The van der Waals surface area contributed by atoms with E-state index >= 15 is 0 Å². The Hall–Kier alpha value is -1.93. The second kappa shape index (κ2) is 20.3. The van der Waals surface area contributed by atoms with E-state index in [1.54, 1.807) is 0 Å². The first-order valence-electron chi connectivity index (χ1n) is 16.5. The zero-order valence-corrected chi connectivity index (χ0v) is 28.5. The summed E-state index contributed by atoms with van der Waals surface area (Å²) in [5.74, 6) is -3.70. The summed E-state index contributed by atoms with van der Waals surface area (Å²) in [7, 11) is -5.77. The van der Waals surface area contributed by atoms with E-state index in [-0.39, 0.29) is 46.2 Å². The molecule has 15 heteroatoms. The van der Waals surface area contributed by atoms with Crippen LogP contribution in [-0.4, -0.2) is 94.5 Å². The van der Waals surface area contributed by atoms with Crippen LogP contribution in [0.2, 0.25) is 0 Å². The van der Waals surface area contributed by atoms with E-state index in [9.17, 15) is 19.2 Å². The van der Waals surface area contributed by atoms with E-state index in [0.717, 1.165) is 32.1 Å². The molecule has 2 saturated heterocycles. The summed E-state index contributed by atoms with van der Waals surface area (Å²) in [5, 5.41) is 0. The van der Waals surface area contributed by atoms with Crippen LogP contribution in [-0.2, 0) is 65.5 Å². The van der Waals surface area contributed by atoms with Crippen molar-refractivity contribution in [1.29, 1.82) is 0 Å². The number of esters is 4. The number of hydrogen-bond donors (Lipinski definition) is 0. The maximum absolute atomic E-state index is 13.6. The van der Waals surface area contributed by atoms with Gasteiger partial charge in [0.2, 0.25) is 0 Å². The Bertz CT molecular complexity index is 890. The summed E-state index contributed by atoms with van der Waals surface area (Å²) >= 11 is 0. The monoisotopic (exact) mass is 669 g/mol. The van der Waals surface area contributed by atoms with Crippen molar-refractivity contribution in [2.45, 2.75) is 123 Å². The second-order valence-electron chi connectivity index (χ2n) is 10.9. The van der Waals surface area contributed by atoms with Gasteiger partial charge < -0.3 is 0 Å². The predicted octanol–water partition coefficient (Wildman–Crippen LogP) is 4.62. The van der Waals surface area contributed by atoms with Crippen molar-refractivity contribution >= 4 is 31.6 Å². The van der Waals surface area contributed by atoms with Gasteiger partial charge in [-0.1, -0.05) is 0 Å². The fourth-order valence-corrected chi connectivity index (χ4v) is 7.69. The van der Waals surface area contributed by atoms with Crippen LogP contribution in [0.3, 0.4) is 0 Å². The van der Waals surface area contributed by atoms with Crippen LogP contribution in [0, 0.1) is 0 Å². The Morgan fingerprint density at radius 1 is 0.578 bits per heavy atom. The van der Waals surface area contributed by atoms with Crippen molar-refractivity contribution in [3.8, 4) is 0 Å². The summed E-state index contributed by atoms with van der Waals surface area (Å²) in [6.45, 7) is 9.74. The molecule has 0 aliphatic carbocycles. The zero-order valence-electron chi connectivity index (χ0n) is 27.5. The first-order valence-corrected chi connectivity index (χ1v) is 18.5. The van der Waals surface area contributed by atoms with Crippen LogP contribution < -0.4 is 0 Å². The third kappa shape index (κ3) is 11.7. The molecule has 0 saturated carbocycles. The van der Waals surface area contributed by atoms with E-state index < -0.39 is 56.0 Å². The number of hydrogen-bond acceptors (Lipinski definition) is 14. The summed E-state index contributed by atoms with van der Waals surface area (Å²) < 4.78 is 57.6. The Labute approximate surface area is 266 Å². The van der Waals surface area contributed by atoms with E-state index in [1.807, 2.05) is 34.6 Å². The van der Waals surface area contributed by atoms with Gasteiger partial charge in [-0.15, -0.1) is 0 Å². The average molecular weight is 670 g/mol. The molecule has 2 aliphatic rings. The maximum atomic E-state index is 13.6. The van der Waals surface area contributed by atoms with Crippen LogP contribution in [0.25, 0.3) is 0 Å². The normalized spacial score (nSPS) is 22.2. The van der Waals surface area contributed by atoms with Gasteiger partial charge in [-0.05, 0) is 0 Å². The van der Waals surface area contributed by atoms with Gasteiger partial charge in [0.15, 0.2) is 0 Å². The predicted molar refractivity (Wildman–Crippen MR) is 163 cm³/mol. The Kier molecular flexibility index (Phi) is 17.7. The molecule has 4 atom stereocenters. The van der Waals surface area contributed by atoms with Gasteiger partial charge in [0.25, 0.3) is 0 Å². The van der Waals surface area contributed by atoms with Crippen LogP contribution >= 0.6 is 7.74 Å². The number of ether oxygens (including phenoxy) is 5. The second-order valence-corrected chi connectivity index (χ2v) is 13.8. The first kappa shape index (κ1) is 39.2. The molecule has 0 aromatic heterocycles. The molecule has 2 aliphatic heterocycles. The molecule has 0 radical (unpaired) electrons. The number of carbonyl (C=O) groups excluding carboxylic acids is 4. The van der Waals surface area contributed by atoms with E-state index in [4.69, 9.17) is 46.3 Å². The van der Waals surface area contributed by atoms with Gasteiger partial charge in [0, 0.05) is 0 Å². The molecule has 45 heavy (non-hydrogen) atoms. The fraction of sp³-hybridized carbons (Fsp3) is 0.867. The van der Waals surface area contributed by atoms with Crippen molar-refractivity contribution in [2.75, 3.05) is 46.2 Å². The molecule has 1 spiro atoms. The summed E-state index contributed by atoms with van der Waals surface area (Å²) in [4.78, 5) is 53.5. The van der Waals surface area contributed by atoms with Crippen LogP contribution in [0.15, 0.2) is 0 Å². The molecule has 4 unspecified atom stereocenters. The number of carbonyl (C=O) groups is 4. The molecule has 0 aromatic carbocycles. The molecule has 0 bridgehead atoms. The van der Waals surface area contributed by atoms with Crippen LogP contribution in [0.5, 0.6) is 0 Å². The van der Waals surface area contributed by atoms with Crippen molar-refractivity contribution in [3.63, 3.8) is 0 Å². The van der Waals surface area contributed by atoms with Crippen molar-refractivity contribution < 1.29 is 65.5 Å². The van der Waals surface area contributed by atoms with Crippen molar-refractivity contribution in [3.05, 3.63) is 0 Å². The molecule has 2 heterocycles. The molecule has 0 aromatic rings. The zero-order chi connectivity index (χ0) is 33.2. The Balaban J connectivity index is 2.53. The standard InChI is InChI=1S/C30H54O14P/c1-6-11-16-35-23(27(31)36-17-12-7-2)24(28(32)37-18-13-8-3)42-45(40-21-22-41-45)43-25(29(33)38-19-14-9-4)26(44-45)30(34)39-20-15-10-5/h23-26,45H,6-22H2,1-5H3/q-1.